The lowest BCUT2D eigenvalue weighted by atomic mass is 9.76. The number of fused-ring (bicyclic) bond motifs is 4. The highest BCUT2D eigenvalue weighted by molar-refractivity contribution is 6.65. The number of para-hydroxylation sites is 1. The molecule has 4 aromatic rings. The van der Waals surface area contributed by atoms with E-state index in [-0.39, 0.29) is 18.3 Å². The normalized spacial score (nSPS) is 19.0. The Hall–Kier alpha value is -2.30. The fourth-order valence-corrected chi connectivity index (χ4v) is 3.70. The molecule has 1 aliphatic rings. The molecule has 2 heterocycles. The van der Waals surface area contributed by atoms with Gasteiger partial charge >= 0.3 is 7.12 Å². The number of hydrogen-bond donors (Lipinski definition) is 0. The van der Waals surface area contributed by atoms with Gasteiger partial charge in [-0.25, -0.2) is 0 Å². The van der Waals surface area contributed by atoms with Crippen LogP contribution in [0, 0.1) is 0 Å². The topological polar surface area (TPSA) is 31.6 Å². The van der Waals surface area contributed by atoms with Crippen LogP contribution in [0.2, 0.25) is 0 Å². The first-order valence-electron chi connectivity index (χ1n) is 9.05. The highest BCUT2D eigenvalue weighted by atomic mass is 16.7. The molecule has 0 atom stereocenters. The maximum atomic E-state index is 6.29. The second-order valence-electron chi connectivity index (χ2n) is 8.10. The molecule has 1 aromatic heterocycles. The smallest absolute Gasteiger partial charge is 0.456 e. The van der Waals surface area contributed by atoms with Crippen molar-refractivity contribution in [3.63, 3.8) is 0 Å². The predicted octanol–water partition coefficient (Wildman–Crippen LogP) is 5.04. The van der Waals surface area contributed by atoms with E-state index in [4.69, 9.17) is 13.7 Å². The summed E-state index contributed by atoms with van der Waals surface area (Å²) in [6.45, 7) is 8.33. The molecule has 0 N–H and O–H groups in total. The third kappa shape index (κ3) is 2.16. The molecule has 26 heavy (non-hydrogen) atoms. The molecular weight excluding hydrogens is 323 g/mol. The Kier molecular flexibility index (Phi) is 3.14. The van der Waals surface area contributed by atoms with Crippen LogP contribution in [0.4, 0.5) is 0 Å². The standard InChI is InChI=1S/C22H21BO3/c1-21(2)22(3,4)26-23(25-21)18-10-7-8-14-12-20-17(13-16(14)18)15-9-5-6-11-19(15)24-20/h5-13H,1-4H3. The van der Waals surface area contributed by atoms with Crippen molar-refractivity contribution in [2.24, 2.45) is 0 Å². The van der Waals surface area contributed by atoms with Crippen molar-refractivity contribution in [3.8, 4) is 0 Å². The Labute approximate surface area is 153 Å². The third-order valence-electron chi connectivity index (χ3n) is 5.92. The first kappa shape index (κ1) is 15.9. The molecule has 0 unspecified atom stereocenters. The molecule has 0 saturated carbocycles. The molecule has 0 aliphatic carbocycles. The predicted molar refractivity (Wildman–Crippen MR) is 107 cm³/mol. The first-order chi connectivity index (χ1) is 12.4. The SMILES string of the molecule is CC1(C)OB(c2cccc3cc4oc5ccccc5c4cc23)OC1(C)C. The van der Waals surface area contributed by atoms with Crippen LogP contribution in [0.1, 0.15) is 27.7 Å². The van der Waals surface area contributed by atoms with E-state index in [1.165, 1.54) is 0 Å². The monoisotopic (exact) mass is 344 g/mol. The van der Waals surface area contributed by atoms with E-state index >= 15 is 0 Å². The Balaban J connectivity index is 1.75. The van der Waals surface area contributed by atoms with Gasteiger partial charge in [-0.2, -0.15) is 0 Å². The van der Waals surface area contributed by atoms with Gasteiger partial charge < -0.3 is 13.7 Å². The number of furan rings is 1. The zero-order valence-corrected chi connectivity index (χ0v) is 15.5. The minimum Gasteiger partial charge on any atom is -0.456 e. The summed E-state index contributed by atoms with van der Waals surface area (Å²) in [5.74, 6) is 0. The summed E-state index contributed by atoms with van der Waals surface area (Å²) >= 11 is 0. The molecule has 1 aliphatic heterocycles. The second kappa shape index (κ2) is 5.12. The van der Waals surface area contributed by atoms with Gasteiger partial charge in [-0.05, 0) is 62.1 Å². The van der Waals surface area contributed by atoms with E-state index < -0.39 is 0 Å². The zero-order chi connectivity index (χ0) is 18.1. The summed E-state index contributed by atoms with van der Waals surface area (Å²) in [4.78, 5) is 0. The fraction of sp³-hybridized carbons (Fsp3) is 0.273. The van der Waals surface area contributed by atoms with Crippen molar-refractivity contribution in [2.75, 3.05) is 0 Å². The van der Waals surface area contributed by atoms with Gasteiger partial charge in [0.1, 0.15) is 11.2 Å². The quantitative estimate of drug-likeness (QED) is 0.454. The highest BCUT2D eigenvalue weighted by Crippen LogP contribution is 2.38. The van der Waals surface area contributed by atoms with E-state index in [9.17, 15) is 0 Å². The molecule has 130 valence electrons. The van der Waals surface area contributed by atoms with Crippen molar-refractivity contribution < 1.29 is 13.7 Å². The lowest BCUT2D eigenvalue weighted by Crippen LogP contribution is -2.41. The van der Waals surface area contributed by atoms with Crippen molar-refractivity contribution in [3.05, 3.63) is 54.6 Å². The molecule has 1 fully saturated rings. The average Bonchev–Trinajstić information content (AvgIpc) is 3.05. The van der Waals surface area contributed by atoms with Gasteiger partial charge in [0, 0.05) is 10.8 Å². The van der Waals surface area contributed by atoms with Gasteiger partial charge in [-0.3, -0.25) is 0 Å². The van der Waals surface area contributed by atoms with Crippen molar-refractivity contribution in [2.45, 2.75) is 38.9 Å². The van der Waals surface area contributed by atoms with Gasteiger partial charge in [0.05, 0.1) is 11.2 Å². The molecule has 5 rings (SSSR count). The summed E-state index contributed by atoms with van der Waals surface area (Å²) < 4.78 is 18.6. The number of rotatable bonds is 1. The highest BCUT2D eigenvalue weighted by Gasteiger charge is 2.52. The Morgan fingerprint density at radius 1 is 0.692 bits per heavy atom. The van der Waals surface area contributed by atoms with Gasteiger partial charge in [0.25, 0.3) is 0 Å². The number of hydrogen-bond acceptors (Lipinski definition) is 3. The van der Waals surface area contributed by atoms with E-state index in [2.05, 4.69) is 64.1 Å². The minimum absolute atomic E-state index is 0.355. The molecule has 1 saturated heterocycles. The van der Waals surface area contributed by atoms with Crippen LogP contribution >= 0.6 is 0 Å². The van der Waals surface area contributed by atoms with Crippen molar-refractivity contribution >= 4 is 45.3 Å². The zero-order valence-electron chi connectivity index (χ0n) is 15.5. The third-order valence-corrected chi connectivity index (χ3v) is 5.92. The average molecular weight is 344 g/mol. The van der Waals surface area contributed by atoms with Gasteiger partial charge in [-0.15, -0.1) is 0 Å². The maximum Gasteiger partial charge on any atom is 0.495 e. The van der Waals surface area contributed by atoms with Crippen LogP contribution in [0.15, 0.2) is 59.0 Å². The summed E-state index contributed by atoms with van der Waals surface area (Å²) in [6.07, 6.45) is 0. The molecule has 3 aromatic carbocycles. The first-order valence-corrected chi connectivity index (χ1v) is 9.05. The molecule has 0 amide bonds. The Morgan fingerprint density at radius 2 is 1.42 bits per heavy atom. The largest absolute Gasteiger partial charge is 0.495 e. The van der Waals surface area contributed by atoms with Crippen LogP contribution in [0.3, 0.4) is 0 Å². The minimum atomic E-state index is -0.376. The lowest BCUT2D eigenvalue weighted by molar-refractivity contribution is 0.00578. The molecule has 4 heteroatoms. The van der Waals surface area contributed by atoms with Crippen LogP contribution in [0.25, 0.3) is 32.7 Å². The summed E-state index contributed by atoms with van der Waals surface area (Å²) in [7, 11) is -0.376. The van der Waals surface area contributed by atoms with E-state index in [1.807, 2.05) is 18.2 Å². The summed E-state index contributed by atoms with van der Waals surface area (Å²) in [5.41, 5.74) is 2.17. The van der Waals surface area contributed by atoms with Crippen LogP contribution in [-0.4, -0.2) is 18.3 Å². The Morgan fingerprint density at radius 3 is 2.19 bits per heavy atom. The van der Waals surface area contributed by atoms with E-state index in [0.29, 0.717) is 0 Å². The van der Waals surface area contributed by atoms with Gasteiger partial charge in [0.2, 0.25) is 0 Å². The van der Waals surface area contributed by atoms with Crippen LogP contribution in [0.5, 0.6) is 0 Å². The van der Waals surface area contributed by atoms with Gasteiger partial charge in [0.15, 0.2) is 0 Å². The van der Waals surface area contributed by atoms with Crippen LogP contribution in [-0.2, 0) is 9.31 Å². The van der Waals surface area contributed by atoms with Gasteiger partial charge in [-0.1, -0.05) is 36.4 Å². The maximum absolute atomic E-state index is 6.29. The molecular formula is C22H21BO3. The van der Waals surface area contributed by atoms with Crippen molar-refractivity contribution in [1.82, 2.24) is 0 Å². The van der Waals surface area contributed by atoms with E-state index in [1.54, 1.807) is 0 Å². The van der Waals surface area contributed by atoms with Crippen molar-refractivity contribution in [1.29, 1.82) is 0 Å². The fourth-order valence-electron chi connectivity index (χ4n) is 3.70. The Bertz CT molecular complexity index is 1140. The second-order valence-corrected chi connectivity index (χ2v) is 8.10. The molecule has 0 spiro atoms. The van der Waals surface area contributed by atoms with E-state index in [0.717, 1.165) is 38.2 Å². The molecule has 0 bridgehead atoms. The summed E-state index contributed by atoms with van der Waals surface area (Å²) in [5, 5.41) is 4.53. The number of benzene rings is 3. The lowest BCUT2D eigenvalue weighted by Gasteiger charge is -2.32. The summed E-state index contributed by atoms with van der Waals surface area (Å²) in [6, 6.07) is 18.7. The molecule has 0 radical (unpaired) electrons. The van der Waals surface area contributed by atoms with Crippen LogP contribution < -0.4 is 5.46 Å². The molecule has 3 nitrogen and oxygen atoms in total.